The molecule has 1 aromatic heterocycles. The van der Waals surface area contributed by atoms with Crippen LogP contribution in [0.15, 0.2) is 53.7 Å². The molecule has 0 saturated carbocycles. The Morgan fingerprint density at radius 3 is 2.47 bits per heavy atom. The summed E-state index contributed by atoms with van der Waals surface area (Å²) in [5, 5.41) is 11.5. The van der Waals surface area contributed by atoms with Crippen molar-refractivity contribution >= 4 is 17.7 Å². The first-order valence-electron chi connectivity index (χ1n) is 9.81. The van der Waals surface area contributed by atoms with Gasteiger partial charge in [-0.1, -0.05) is 23.9 Å². The predicted molar refractivity (Wildman–Crippen MR) is 117 cm³/mol. The topological polar surface area (TPSA) is 69.0 Å². The number of nitrogens with zero attached hydrogens (tertiary/aromatic N) is 3. The molecule has 0 spiro atoms. The van der Waals surface area contributed by atoms with Crippen molar-refractivity contribution in [3.8, 4) is 22.8 Å². The lowest BCUT2D eigenvalue weighted by Crippen LogP contribution is -2.36. The third-order valence-electron chi connectivity index (χ3n) is 4.23. The minimum absolute atomic E-state index is 0.0319. The van der Waals surface area contributed by atoms with Crippen molar-refractivity contribution in [2.24, 2.45) is 0 Å². The summed E-state index contributed by atoms with van der Waals surface area (Å²) in [5.41, 5.74) is 1.09. The smallest absolute Gasteiger partial charge is 0.233 e. The van der Waals surface area contributed by atoms with Crippen molar-refractivity contribution in [2.75, 3.05) is 6.61 Å². The van der Waals surface area contributed by atoms with E-state index in [-0.39, 0.29) is 11.9 Å². The zero-order valence-electron chi connectivity index (χ0n) is 17.4. The second kappa shape index (κ2) is 9.75. The first-order chi connectivity index (χ1) is 14.4. The minimum atomic E-state index is -0.421. The van der Waals surface area contributed by atoms with Gasteiger partial charge in [-0.25, -0.2) is 4.39 Å². The van der Waals surface area contributed by atoms with Gasteiger partial charge in [0.15, 0.2) is 11.0 Å². The predicted octanol–water partition coefficient (Wildman–Crippen LogP) is 4.48. The van der Waals surface area contributed by atoms with Crippen LogP contribution >= 0.6 is 11.8 Å². The minimum Gasteiger partial charge on any atom is -0.494 e. The van der Waals surface area contributed by atoms with Gasteiger partial charge in [0.05, 0.1) is 17.5 Å². The molecule has 30 heavy (non-hydrogen) atoms. The van der Waals surface area contributed by atoms with E-state index in [0.29, 0.717) is 23.3 Å². The largest absolute Gasteiger partial charge is 0.494 e. The number of rotatable bonds is 8. The summed E-state index contributed by atoms with van der Waals surface area (Å²) >= 11 is 1.24. The molecule has 6 nitrogen and oxygen atoms in total. The quantitative estimate of drug-likeness (QED) is 0.536. The Kier molecular flexibility index (Phi) is 7.10. The van der Waals surface area contributed by atoms with Crippen LogP contribution in [-0.4, -0.2) is 38.6 Å². The molecule has 1 amide bonds. The Bertz CT molecular complexity index is 1000. The number of thioether (sulfide) groups is 1. The zero-order valence-corrected chi connectivity index (χ0v) is 18.2. The molecular weight excluding hydrogens is 403 g/mol. The fourth-order valence-corrected chi connectivity index (χ4v) is 3.73. The molecular formula is C22H25FN4O2S. The molecule has 0 aliphatic heterocycles. The van der Waals surface area contributed by atoms with Crippen LogP contribution in [0.4, 0.5) is 4.39 Å². The highest BCUT2D eigenvalue weighted by molar-refractivity contribution is 8.00. The van der Waals surface area contributed by atoms with Gasteiger partial charge in [-0.3, -0.25) is 9.36 Å². The molecule has 158 valence electrons. The second-order valence-electron chi connectivity index (χ2n) is 6.97. The number of amides is 1. The third kappa shape index (κ3) is 4.99. The van der Waals surface area contributed by atoms with Gasteiger partial charge in [0.2, 0.25) is 5.91 Å². The van der Waals surface area contributed by atoms with Gasteiger partial charge in [-0.15, -0.1) is 10.2 Å². The van der Waals surface area contributed by atoms with Crippen molar-refractivity contribution in [2.45, 2.75) is 44.1 Å². The molecule has 0 bridgehead atoms. The molecule has 3 aromatic rings. The molecule has 0 fully saturated rings. The van der Waals surface area contributed by atoms with Crippen molar-refractivity contribution in [3.63, 3.8) is 0 Å². The number of nitrogens with one attached hydrogen (secondary N) is 1. The molecule has 3 rings (SSSR count). The molecule has 1 atom stereocenters. The summed E-state index contributed by atoms with van der Waals surface area (Å²) in [7, 11) is 0. The molecule has 1 heterocycles. The maximum absolute atomic E-state index is 14.7. The summed E-state index contributed by atoms with van der Waals surface area (Å²) in [5.74, 6) is 0.722. The lowest BCUT2D eigenvalue weighted by Gasteiger charge is -2.15. The number of ether oxygens (including phenoxy) is 1. The van der Waals surface area contributed by atoms with E-state index in [0.717, 1.165) is 11.3 Å². The van der Waals surface area contributed by atoms with Crippen LogP contribution in [0.25, 0.3) is 17.1 Å². The van der Waals surface area contributed by atoms with E-state index in [1.54, 1.807) is 29.7 Å². The van der Waals surface area contributed by atoms with Crippen LogP contribution in [0.2, 0.25) is 0 Å². The lowest BCUT2D eigenvalue weighted by molar-refractivity contribution is -0.120. The van der Waals surface area contributed by atoms with Crippen LogP contribution in [0.1, 0.15) is 27.7 Å². The number of halogens is 1. The number of benzene rings is 2. The molecule has 8 heteroatoms. The summed E-state index contributed by atoms with van der Waals surface area (Å²) in [6.45, 7) is 8.09. The van der Waals surface area contributed by atoms with Crippen LogP contribution in [0.3, 0.4) is 0 Å². The Morgan fingerprint density at radius 1 is 1.13 bits per heavy atom. The standard InChI is InChI=1S/C22H25FN4O2S/c1-5-29-17-12-10-16(11-13-17)20-25-26-22(30-15(4)21(28)24-14(2)3)27(20)19-9-7-6-8-18(19)23/h6-15H,5H2,1-4H3,(H,24,28). The fraction of sp³-hybridized carbons (Fsp3) is 0.318. The zero-order chi connectivity index (χ0) is 21.7. The van der Waals surface area contributed by atoms with E-state index in [1.807, 2.05) is 45.0 Å². The Morgan fingerprint density at radius 2 is 1.83 bits per heavy atom. The second-order valence-corrected chi connectivity index (χ2v) is 8.28. The van der Waals surface area contributed by atoms with Crippen molar-refractivity contribution < 1.29 is 13.9 Å². The van der Waals surface area contributed by atoms with Crippen LogP contribution in [0.5, 0.6) is 5.75 Å². The number of aromatic nitrogens is 3. The first-order valence-corrected chi connectivity index (χ1v) is 10.7. The molecule has 0 saturated heterocycles. The van der Waals surface area contributed by atoms with Gasteiger partial charge in [0.25, 0.3) is 0 Å². The summed E-state index contributed by atoms with van der Waals surface area (Å²) in [4.78, 5) is 12.4. The molecule has 0 radical (unpaired) electrons. The van der Waals surface area contributed by atoms with Crippen LogP contribution < -0.4 is 10.1 Å². The summed E-state index contributed by atoms with van der Waals surface area (Å²) in [6.07, 6.45) is 0. The fourth-order valence-electron chi connectivity index (χ4n) is 2.86. The highest BCUT2D eigenvalue weighted by atomic mass is 32.2. The lowest BCUT2D eigenvalue weighted by atomic mass is 10.2. The highest BCUT2D eigenvalue weighted by Crippen LogP contribution is 2.31. The van der Waals surface area contributed by atoms with E-state index < -0.39 is 11.1 Å². The molecule has 0 aliphatic rings. The number of carbonyl (C=O) groups excluding carboxylic acids is 1. The van der Waals surface area contributed by atoms with Gasteiger partial charge in [0.1, 0.15) is 11.6 Å². The van der Waals surface area contributed by atoms with E-state index >= 15 is 0 Å². The van der Waals surface area contributed by atoms with Crippen LogP contribution in [0, 0.1) is 5.82 Å². The van der Waals surface area contributed by atoms with Crippen molar-refractivity contribution in [3.05, 3.63) is 54.3 Å². The molecule has 0 aliphatic carbocycles. The third-order valence-corrected chi connectivity index (χ3v) is 5.28. The average molecular weight is 429 g/mol. The normalized spacial score (nSPS) is 12.1. The monoisotopic (exact) mass is 428 g/mol. The SMILES string of the molecule is CCOc1ccc(-c2nnc(SC(C)C(=O)NC(C)C)n2-c2ccccc2F)cc1. The summed E-state index contributed by atoms with van der Waals surface area (Å²) in [6, 6.07) is 13.9. The number of hydrogen-bond acceptors (Lipinski definition) is 5. The number of para-hydroxylation sites is 1. The maximum atomic E-state index is 14.7. The van der Waals surface area contributed by atoms with Gasteiger partial charge >= 0.3 is 0 Å². The number of carbonyl (C=O) groups is 1. The van der Waals surface area contributed by atoms with Crippen LogP contribution in [-0.2, 0) is 4.79 Å². The Balaban J connectivity index is 2.02. The van der Waals surface area contributed by atoms with E-state index in [2.05, 4.69) is 15.5 Å². The number of hydrogen-bond donors (Lipinski definition) is 1. The van der Waals surface area contributed by atoms with Crippen molar-refractivity contribution in [1.29, 1.82) is 0 Å². The molecule has 2 aromatic carbocycles. The first kappa shape index (κ1) is 21.8. The van der Waals surface area contributed by atoms with Gasteiger partial charge in [-0.05, 0) is 64.1 Å². The van der Waals surface area contributed by atoms with Crippen molar-refractivity contribution in [1.82, 2.24) is 20.1 Å². The van der Waals surface area contributed by atoms with Gasteiger partial charge in [0, 0.05) is 11.6 Å². The average Bonchev–Trinajstić information content (AvgIpc) is 3.12. The van der Waals surface area contributed by atoms with E-state index in [9.17, 15) is 9.18 Å². The van der Waals surface area contributed by atoms with E-state index in [4.69, 9.17) is 4.74 Å². The Labute approximate surface area is 179 Å². The van der Waals surface area contributed by atoms with Gasteiger partial charge < -0.3 is 10.1 Å². The maximum Gasteiger partial charge on any atom is 0.233 e. The van der Waals surface area contributed by atoms with E-state index in [1.165, 1.54) is 17.8 Å². The molecule has 1 unspecified atom stereocenters. The highest BCUT2D eigenvalue weighted by Gasteiger charge is 2.23. The van der Waals surface area contributed by atoms with Gasteiger partial charge in [-0.2, -0.15) is 0 Å². The summed E-state index contributed by atoms with van der Waals surface area (Å²) < 4.78 is 21.8. The molecule has 1 N–H and O–H groups in total. The Hall–Kier alpha value is -2.87.